The molecular weight excluding hydrogens is 374 g/mol. The molecule has 0 aliphatic heterocycles. The third-order valence-electron chi connectivity index (χ3n) is 4.93. The van der Waals surface area contributed by atoms with Crippen molar-refractivity contribution in [2.45, 2.75) is 26.0 Å². The van der Waals surface area contributed by atoms with Crippen LogP contribution in [0.25, 0.3) is 0 Å². The zero-order valence-electron chi connectivity index (χ0n) is 17.5. The predicted molar refractivity (Wildman–Crippen MR) is 119 cm³/mol. The molecule has 156 valence electrons. The number of hydrogen-bond donors (Lipinski definition) is 1. The molecule has 30 heavy (non-hydrogen) atoms. The Hall–Kier alpha value is -2.95. The van der Waals surface area contributed by atoms with Gasteiger partial charge in [-0.2, -0.15) is 0 Å². The number of ether oxygens (including phenoxy) is 2. The van der Waals surface area contributed by atoms with Crippen LogP contribution in [0.5, 0.6) is 0 Å². The number of methoxy groups -OCH3 is 1. The number of carbonyl (C=O) groups is 1. The van der Waals surface area contributed by atoms with Crippen LogP contribution >= 0.6 is 0 Å². The fourth-order valence-electron chi connectivity index (χ4n) is 3.25. The van der Waals surface area contributed by atoms with Gasteiger partial charge in [0.1, 0.15) is 0 Å². The molecule has 3 aromatic carbocycles. The molecule has 0 aliphatic carbocycles. The van der Waals surface area contributed by atoms with Gasteiger partial charge in [0, 0.05) is 13.1 Å². The monoisotopic (exact) mass is 403 g/mol. The van der Waals surface area contributed by atoms with E-state index in [2.05, 4.69) is 59.9 Å². The Morgan fingerprint density at radius 1 is 0.800 bits per heavy atom. The standard InChI is InChI=1S/C26H29NO3/c1-29-26(28)25-14-12-23(13-15-25)19-27-16-17-30-20-24-9-5-8-22(18-24)11-10-21-6-3-2-4-7-21/h2-9,12-15,18,27H,10-11,16-17,19-20H2,1H3. The zero-order valence-corrected chi connectivity index (χ0v) is 17.5. The number of hydrogen-bond acceptors (Lipinski definition) is 4. The van der Waals surface area contributed by atoms with Gasteiger partial charge >= 0.3 is 5.97 Å². The Morgan fingerprint density at radius 2 is 1.50 bits per heavy atom. The van der Waals surface area contributed by atoms with Crippen molar-refractivity contribution in [3.05, 3.63) is 107 Å². The van der Waals surface area contributed by atoms with Gasteiger partial charge in [0.05, 0.1) is 25.9 Å². The molecule has 0 aliphatic rings. The quantitative estimate of drug-likeness (QED) is 0.376. The summed E-state index contributed by atoms with van der Waals surface area (Å²) in [5, 5.41) is 3.36. The van der Waals surface area contributed by atoms with Crippen LogP contribution in [0, 0.1) is 0 Å². The van der Waals surface area contributed by atoms with Crippen LogP contribution in [0.2, 0.25) is 0 Å². The second-order valence-electron chi connectivity index (χ2n) is 7.22. The molecule has 0 spiro atoms. The summed E-state index contributed by atoms with van der Waals surface area (Å²) in [6.45, 7) is 2.77. The maximum atomic E-state index is 11.4. The molecule has 3 aromatic rings. The van der Waals surface area contributed by atoms with Crippen LogP contribution in [0.3, 0.4) is 0 Å². The summed E-state index contributed by atoms with van der Waals surface area (Å²) in [6, 6.07) is 26.6. The summed E-state index contributed by atoms with van der Waals surface area (Å²) in [5.41, 5.74) is 5.60. The Kier molecular flexibility index (Phi) is 8.63. The van der Waals surface area contributed by atoms with E-state index in [4.69, 9.17) is 9.47 Å². The third kappa shape index (κ3) is 7.14. The lowest BCUT2D eigenvalue weighted by molar-refractivity contribution is 0.0600. The minimum absolute atomic E-state index is 0.313. The molecule has 1 N–H and O–H groups in total. The maximum Gasteiger partial charge on any atom is 0.337 e. The molecule has 0 fully saturated rings. The summed E-state index contributed by atoms with van der Waals surface area (Å²) >= 11 is 0. The Bertz CT molecular complexity index is 907. The molecule has 4 nitrogen and oxygen atoms in total. The van der Waals surface area contributed by atoms with Crippen molar-refractivity contribution < 1.29 is 14.3 Å². The summed E-state index contributed by atoms with van der Waals surface area (Å²) in [7, 11) is 1.39. The van der Waals surface area contributed by atoms with E-state index in [9.17, 15) is 4.79 Å². The molecule has 0 unspecified atom stereocenters. The van der Waals surface area contributed by atoms with Crippen molar-refractivity contribution in [1.29, 1.82) is 0 Å². The molecule has 0 bridgehead atoms. The summed E-state index contributed by atoms with van der Waals surface area (Å²) in [6.07, 6.45) is 2.09. The van der Waals surface area contributed by atoms with Crippen molar-refractivity contribution in [2.75, 3.05) is 20.3 Å². The summed E-state index contributed by atoms with van der Waals surface area (Å²) in [5.74, 6) is -0.313. The zero-order chi connectivity index (χ0) is 21.0. The topological polar surface area (TPSA) is 47.6 Å². The molecule has 3 rings (SSSR count). The van der Waals surface area contributed by atoms with E-state index in [1.54, 1.807) is 12.1 Å². The molecule has 0 saturated heterocycles. The van der Waals surface area contributed by atoms with E-state index >= 15 is 0 Å². The number of nitrogens with one attached hydrogen (secondary N) is 1. The summed E-state index contributed by atoms with van der Waals surface area (Å²) in [4.78, 5) is 11.4. The Morgan fingerprint density at radius 3 is 2.27 bits per heavy atom. The van der Waals surface area contributed by atoms with Gasteiger partial charge in [-0.25, -0.2) is 4.79 Å². The van der Waals surface area contributed by atoms with Gasteiger partial charge in [-0.3, -0.25) is 0 Å². The van der Waals surface area contributed by atoms with Crippen LogP contribution in [-0.4, -0.2) is 26.2 Å². The molecule has 0 radical (unpaired) electrons. The number of esters is 1. The van der Waals surface area contributed by atoms with E-state index in [0.717, 1.165) is 31.5 Å². The minimum atomic E-state index is -0.313. The second-order valence-corrected chi connectivity index (χ2v) is 7.22. The molecule has 0 heterocycles. The highest BCUT2D eigenvalue weighted by Crippen LogP contribution is 2.11. The maximum absolute atomic E-state index is 11.4. The Balaban J connectivity index is 1.33. The number of aryl methyl sites for hydroxylation is 2. The Labute approximate surface area is 178 Å². The highest BCUT2D eigenvalue weighted by atomic mass is 16.5. The lowest BCUT2D eigenvalue weighted by Crippen LogP contribution is -2.19. The minimum Gasteiger partial charge on any atom is -0.465 e. The van der Waals surface area contributed by atoms with Crippen molar-refractivity contribution in [3.63, 3.8) is 0 Å². The van der Waals surface area contributed by atoms with E-state index in [0.29, 0.717) is 18.8 Å². The SMILES string of the molecule is COC(=O)c1ccc(CNCCOCc2cccc(CCc3ccccc3)c2)cc1. The highest BCUT2D eigenvalue weighted by Gasteiger charge is 2.04. The fourth-order valence-corrected chi connectivity index (χ4v) is 3.25. The van der Waals surface area contributed by atoms with E-state index in [1.807, 2.05) is 12.1 Å². The van der Waals surface area contributed by atoms with Gasteiger partial charge < -0.3 is 14.8 Å². The van der Waals surface area contributed by atoms with Crippen molar-refractivity contribution in [3.8, 4) is 0 Å². The van der Waals surface area contributed by atoms with E-state index in [-0.39, 0.29) is 5.97 Å². The van der Waals surface area contributed by atoms with E-state index < -0.39 is 0 Å². The largest absolute Gasteiger partial charge is 0.465 e. The van der Waals surface area contributed by atoms with Gasteiger partial charge in [-0.15, -0.1) is 0 Å². The number of carbonyl (C=O) groups excluding carboxylic acids is 1. The van der Waals surface area contributed by atoms with Gasteiger partial charge in [-0.05, 0) is 47.2 Å². The first-order valence-electron chi connectivity index (χ1n) is 10.3. The average Bonchev–Trinajstić information content (AvgIpc) is 2.81. The number of benzene rings is 3. The molecule has 0 aromatic heterocycles. The molecular formula is C26H29NO3. The lowest BCUT2D eigenvalue weighted by atomic mass is 10.0. The molecule has 0 amide bonds. The molecule has 0 saturated carbocycles. The average molecular weight is 404 g/mol. The first-order chi connectivity index (χ1) is 14.7. The lowest BCUT2D eigenvalue weighted by Gasteiger charge is -2.09. The highest BCUT2D eigenvalue weighted by molar-refractivity contribution is 5.89. The molecule has 0 atom stereocenters. The van der Waals surface area contributed by atoms with Gasteiger partial charge in [0.25, 0.3) is 0 Å². The predicted octanol–water partition coefficient (Wildman–Crippen LogP) is 4.56. The van der Waals surface area contributed by atoms with Crippen LogP contribution < -0.4 is 5.32 Å². The normalized spacial score (nSPS) is 10.7. The van der Waals surface area contributed by atoms with Crippen molar-refractivity contribution in [1.82, 2.24) is 5.32 Å². The first-order valence-corrected chi connectivity index (χ1v) is 10.3. The fraction of sp³-hybridized carbons (Fsp3) is 0.269. The smallest absolute Gasteiger partial charge is 0.337 e. The van der Waals surface area contributed by atoms with Crippen LogP contribution in [0.1, 0.15) is 32.6 Å². The van der Waals surface area contributed by atoms with Crippen molar-refractivity contribution in [2.24, 2.45) is 0 Å². The van der Waals surface area contributed by atoms with Gasteiger partial charge in [0.2, 0.25) is 0 Å². The van der Waals surface area contributed by atoms with Gasteiger partial charge in [0.15, 0.2) is 0 Å². The van der Waals surface area contributed by atoms with Crippen LogP contribution in [-0.2, 0) is 35.5 Å². The van der Waals surface area contributed by atoms with E-state index in [1.165, 1.54) is 23.8 Å². The van der Waals surface area contributed by atoms with Crippen molar-refractivity contribution >= 4 is 5.97 Å². The number of rotatable bonds is 11. The first kappa shape index (κ1) is 21.8. The summed E-state index contributed by atoms with van der Waals surface area (Å²) < 4.78 is 10.5. The second kappa shape index (κ2) is 11.9. The van der Waals surface area contributed by atoms with Gasteiger partial charge in [-0.1, -0.05) is 66.7 Å². The third-order valence-corrected chi connectivity index (χ3v) is 4.93. The van der Waals surface area contributed by atoms with Crippen LogP contribution in [0.15, 0.2) is 78.9 Å². The molecule has 4 heteroatoms. The van der Waals surface area contributed by atoms with Crippen LogP contribution in [0.4, 0.5) is 0 Å².